The summed E-state index contributed by atoms with van der Waals surface area (Å²) in [7, 11) is 1.85. The van der Waals surface area contributed by atoms with Gasteiger partial charge in [0.2, 0.25) is 0 Å². The van der Waals surface area contributed by atoms with Gasteiger partial charge in [-0.3, -0.25) is 4.99 Å². The van der Waals surface area contributed by atoms with Crippen LogP contribution in [0.3, 0.4) is 0 Å². The highest BCUT2D eigenvalue weighted by molar-refractivity contribution is 14.0. The number of hydrogen-bond donors (Lipinski definition) is 2. The molecule has 0 spiro atoms. The summed E-state index contributed by atoms with van der Waals surface area (Å²) in [6.45, 7) is 13.0. The lowest BCUT2D eigenvalue weighted by molar-refractivity contribution is 0.150. The fourth-order valence-corrected chi connectivity index (χ4v) is 4.05. The summed E-state index contributed by atoms with van der Waals surface area (Å²) < 4.78 is 5.51. The Labute approximate surface area is 194 Å². The number of hydrogen-bond acceptors (Lipinski definition) is 3. The minimum atomic E-state index is 0. The highest BCUT2D eigenvalue weighted by Gasteiger charge is 2.24. The first-order valence-electron chi connectivity index (χ1n) is 10.8. The molecule has 3 rings (SSSR count). The summed E-state index contributed by atoms with van der Waals surface area (Å²) in [4.78, 5) is 7.02. The smallest absolute Gasteiger partial charge is 0.191 e. The number of benzene rings is 1. The Morgan fingerprint density at radius 3 is 2.38 bits per heavy atom. The van der Waals surface area contributed by atoms with E-state index < -0.39 is 0 Å². The van der Waals surface area contributed by atoms with Crippen molar-refractivity contribution in [2.45, 2.75) is 58.0 Å². The van der Waals surface area contributed by atoms with Crippen LogP contribution >= 0.6 is 24.0 Å². The molecule has 2 fully saturated rings. The molecule has 2 aliphatic heterocycles. The van der Waals surface area contributed by atoms with Gasteiger partial charge in [0, 0.05) is 45.9 Å². The highest BCUT2D eigenvalue weighted by Crippen LogP contribution is 2.22. The van der Waals surface area contributed by atoms with Crippen LogP contribution in [-0.4, -0.2) is 56.8 Å². The van der Waals surface area contributed by atoms with Crippen molar-refractivity contribution in [2.24, 2.45) is 10.9 Å². The summed E-state index contributed by atoms with van der Waals surface area (Å²) >= 11 is 0. The van der Waals surface area contributed by atoms with Gasteiger partial charge in [0.25, 0.3) is 0 Å². The zero-order valence-corrected chi connectivity index (χ0v) is 20.9. The van der Waals surface area contributed by atoms with Crippen LogP contribution in [0.15, 0.2) is 29.3 Å². The van der Waals surface area contributed by atoms with Gasteiger partial charge in [-0.05, 0) is 41.7 Å². The van der Waals surface area contributed by atoms with Crippen LogP contribution in [0, 0.1) is 5.92 Å². The normalized spacial score (nSPS) is 21.7. The van der Waals surface area contributed by atoms with E-state index in [2.05, 4.69) is 65.6 Å². The Morgan fingerprint density at radius 1 is 1.14 bits per heavy atom. The number of piperidine rings is 1. The molecule has 2 aliphatic rings. The molecular weight excluding hydrogens is 475 g/mol. The van der Waals surface area contributed by atoms with Gasteiger partial charge in [-0.25, -0.2) is 0 Å². The van der Waals surface area contributed by atoms with Crippen molar-refractivity contribution in [3.8, 4) is 0 Å². The molecule has 2 saturated heterocycles. The number of nitrogens with one attached hydrogen (secondary N) is 2. The fraction of sp³-hybridized carbons (Fsp3) is 0.696. The summed E-state index contributed by atoms with van der Waals surface area (Å²) in [5.74, 6) is 1.64. The van der Waals surface area contributed by atoms with Gasteiger partial charge < -0.3 is 20.3 Å². The minimum Gasteiger partial charge on any atom is -0.381 e. The Kier molecular flexibility index (Phi) is 9.69. The molecule has 2 N–H and O–H groups in total. The quantitative estimate of drug-likeness (QED) is 0.357. The minimum absolute atomic E-state index is 0. The van der Waals surface area contributed by atoms with Crippen molar-refractivity contribution in [1.29, 1.82) is 0 Å². The molecule has 1 atom stereocenters. The fourth-order valence-electron chi connectivity index (χ4n) is 4.05. The van der Waals surface area contributed by atoms with Gasteiger partial charge in [0.05, 0.1) is 6.61 Å². The molecular formula is C23H39IN4O. The molecule has 164 valence electrons. The zero-order chi connectivity index (χ0) is 20.0. The van der Waals surface area contributed by atoms with Gasteiger partial charge >= 0.3 is 0 Å². The molecule has 29 heavy (non-hydrogen) atoms. The molecule has 0 bridgehead atoms. The van der Waals surface area contributed by atoms with E-state index in [0.717, 1.165) is 31.6 Å². The third-order valence-corrected chi connectivity index (χ3v) is 5.97. The van der Waals surface area contributed by atoms with E-state index in [4.69, 9.17) is 4.74 Å². The lowest BCUT2D eigenvalue weighted by Crippen LogP contribution is -2.49. The second kappa shape index (κ2) is 11.5. The van der Waals surface area contributed by atoms with Crippen LogP contribution in [0.1, 0.15) is 51.2 Å². The Balaban J connectivity index is 0.00000300. The number of nitrogens with zero attached hydrogens (tertiary/aromatic N) is 2. The summed E-state index contributed by atoms with van der Waals surface area (Å²) in [6.07, 6.45) is 3.58. The van der Waals surface area contributed by atoms with Crippen molar-refractivity contribution >= 4 is 29.9 Å². The molecule has 6 heteroatoms. The first-order chi connectivity index (χ1) is 13.4. The van der Waals surface area contributed by atoms with Crippen molar-refractivity contribution in [3.63, 3.8) is 0 Å². The first-order valence-corrected chi connectivity index (χ1v) is 10.8. The topological polar surface area (TPSA) is 48.9 Å². The van der Waals surface area contributed by atoms with E-state index in [9.17, 15) is 0 Å². The second-order valence-electron chi connectivity index (χ2n) is 9.32. The number of guanidine groups is 1. The Morgan fingerprint density at radius 2 is 1.83 bits per heavy atom. The SMILES string of the molecule is CN=C(NCc1ccc(C(C)(C)C)cc1)NC1CCN(CC2CCOC2)CC1.I. The van der Waals surface area contributed by atoms with Crippen molar-refractivity contribution in [2.75, 3.05) is 39.9 Å². The standard InChI is InChI=1S/C23H38N4O.HI/c1-23(2,3)20-7-5-18(6-8-20)15-25-22(24-4)26-21-9-12-27(13-10-21)16-19-11-14-28-17-19;/h5-8,19,21H,9-17H2,1-4H3,(H2,24,25,26);1H. The predicted molar refractivity (Wildman–Crippen MR) is 132 cm³/mol. The maximum absolute atomic E-state index is 5.51. The molecule has 5 nitrogen and oxygen atoms in total. The van der Waals surface area contributed by atoms with Crippen LogP contribution in [-0.2, 0) is 16.7 Å². The number of ether oxygens (including phenoxy) is 1. The molecule has 0 saturated carbocycles. The van der Waals surface area contributed by atoms with E-state index in [0.29, 0.717) is 6.04 Å². The molecule has 1 unspecified atom stereocenters. The van der Waals surface area contributed by atoms with Gasteiger partial charge in [-0.2, -0.15) is 0 Å². The van der Waals surface area contributed by atoms with Gasteiger partial charge in [-0.15, -0.1) is 24.0 Å². The van der Waals surface area contributed by atoms with Gasteiger partial charge in [-0.1, -0.05) is 45.0 Å². The monoisotopic (exact) mass is 514 g/mol. The van der Waals surface area contributed by atoms with E-state index >= 15 is 0 Å². The summed E-state index contributed by atoms with van der Waals surface area (Å²) in [5, 5.41) is 7.08. The third-order valence-electron chi connectivity index (χ3n) is 5.97. The average molecular weight is 514 g/mol. The molecule has 0 aromatic heterocycles. The predicted octanol–water partition coefficient (Wildman–Crippen LogP) is 3.77. The molecule has 0 amide bonds. The van der Waals surface area contributed by atoms with E-state index in [-0.39, 0.29) is 29.4 Å². The highest BCUT2D eigenvalue weighted by atomic mass is 127. The molecule has 1 aromatic rings. The zero-order valence-electron chi connectivity index (χ0n) is 18.5. The Hall–Kier alpha value is -0.860. The maximum Gasteiger partial charge on any atom is 0.191 e. The van der Waals surface area contributed by atoms with Gasteiger partial charge in [0.1, 0.15) is 0 Å². The van der Waals surface area contributed by atoms with E-state index in [1.165, 1.54) is 50.0 Å². The third kappa shape index (κ3) is 7.72. The van der Waals surface area contributed by atoms with Crippen LogP contribution in [0.4, 0.5) is 0 Å². The lowest BCUT2D eigenvalue weighted by atomic mass is 9.87. The van der Waals surface area contributed by atoms with Crippen LogP contribution in [0.2, 0.25) is 0 Å². The largest absolute Gasteiger partial charge is 0.381 e. The van der Waals surface area contributed by atoms with E-state index in [1.54, 1.807) is 0 Å². The summed E-state index contributed by atoms with van der Waals surface area (Å²) in [5.41, 5.74) is 2.85. The number of rotatable bonds is 5. The van der Waals surface area contributed by atoms with Crippen LogP contribution < -0.4 is 10.6 Å². The van der Waals surface area contributed by atoms with Crippen molar-refractivity contribution in [1.82, 2.24) is 15.5 Å². The van der Waals surface area contributed by atoms with Crippen molar-refractivity contribution < 1.29 is 4.74 Å². The number of aliphatic imine (C=N–C) groups is 1. The number of likely N-dealkylation sites (tertiary alicyclic amines) is 1. The lowest BCUT2D eigenvalue weighted by Gasteiger charge is -2.34. The Bertz CT molecular complexity index is 627. The maximum atomic E-state index is 5.51. The molecule has 0 radical (unpaired) electrons. The molecule has 0 aliphatic carbocycles. The second-order valence-corrected chi connectivity index (χ2v) is 9.32. The summed E-state index contributed by atoms with van der Waals surface area (Å²) in [6, 6.07) is 9.40. The molecule has 2 heterocycles. The van der Waals surface area contributed by atoms with Crippen LogP contribution in [0.25, 0.3) is 0 Å². The van der Waals surface area contributed by atoms with Crippen LogP contribution in [0.5, 0.6) is 0 Å². The average Bonchev–Trinajstić information content (AvgIpc) is 3.19. The van der Waals surface area contributed by atoms with Crippen molar-refractivity contribution in [3.05, 3.63) is 35.4 Å². The number of halogens is 1. The van der Waals surface area contributed by atoms with E-state index in [1.807, 2.05) is 7.05 Å². The molecule has 1 aromatic carbocycles. The van der Waals surface area contributed by atoms with Gasteiger partial charge in [0.15, 0.2) is 5.96 Å². The first kappa shape index (κ1) is 24.4.